The lowest BCUT2D eigenvalue weighted by atomic mass is 10.6. The van der Waals surface area contributed by atoms with Crippen LogP contribution in [0.5, 0.6) is 0 Å². The van der Waals surface area contributed by atoms with Crippen molar-refractivity contribution in [3.05, 3.63) is 28.7 Å². The molecule has 0 saturated heterocycles. The fourth-order valence-electron chi connectivity index (χ4n) is 0.312. The first-order valence-corrected chi connectivity index (χ1v) is 1.89. The van der Waals surface area contributed by atoms with Crippen LogP contribution in [-0.4, -0.2) is 15.7 Å². The van der Waals surface area contributed by atoms with E-state index in [9.17, 15) is 4.79 Å². The number of nitrogens with one attached hydrogen (secondary N) is 1. The molecule has 4 nitrogen and oxygen atoms in total. The van der Waals surface area contributed by atoms with E-state index in [0.29, 0.717) is 0 Å². The maximum Gasteiger partial charge on any atom is 0.264 e. The quantitative estimate of drug-likeness (QED) is 0.535. The largest absolute Gasteiger partial charge is 0.412 e. The highest BCUT2D eigenvalue weighted by atomic mass is 35.5. The molecule has 0 atom stereocenters. The average Bonchev–Trinajstić information content (AvgIpc) is 1.69. The number of H-pyrrole nitrogens is 1. The first-order valence-electron chi connectivity index (χ1n) is 1.89. The third kappa shape index (κ3) is 3.69. The highest BCUT2D eigenvalue weighted by Crippen LogP contribution is 1.60. The number of rotatable bonds is 0. The molecule has 52 valence electrons. The van der Waals surface area contributed by atoms with Gasteiger partial charge in [-0.25, -0.2) is 5.10 Å². The third-order valence-corrected chi connectivity index (χ3v) is 0.583. The molecular formula is C4H7ClN2O2. The second kappa shape index (κ2) is 5.27. The lowest BCUT2D eigenvalue weighted by Crippen LogP contribution is -2.02. The van der Waals surface area contributed by atoms with E-state index < -0.39 is 0 Å². The van der Waals surface area contributed by atoms with Gasteiger partial charge in [0, 0.05) is 12.3 Å². The fraction of sp³-hybridized carbons (Fsp3) is 0. The van der Waals surface area contributed by atoms with Crippen molar-refractivity contribution in [2.75, 3.05) is 0 Å². The van der Waals surface area contributed by atoms with Gasteiger partial charge in [0.15, 0.2) is 0 Å². The van der Waals surface area contributed by atoms with Crippen molar-refractivity contribution in [2.24, 2.45) is 0 Å². The maximum atomic E-state index is 10.2. The monoisotopic (exact) mass is 150 g/mol. The van der Waals surface area contributed by atoms with Crippen molar-refractivity contribution in [3.8, 4) is 0 Å². The van der Waals surface area contributed by atoms with E-state index in [0.717, 1.165) is 0 Å². The molecule has 0 fully saturated rings. The van der Waals surface area contributed by atoms with E-state index in [-0.39, 0.29) is 23.4 Å². The molecule has 0 aromatic carbocycles. The van der Waals surface area contributed by atoms with Gasteiger partial charge in [0.2, 0.25) is 0 Å². The predicted molar refractivity (Wildman–Crippen MR) is 35.7 cm³/mol. The van der Waals surface area contributed by atoms with Crippen LogP contribution in [0.1, 0.15) is 0 Å². The van der Waals surface area contributed by atoms with Crippen LogP contribution in [0, 0.1) is 0 Å². The smallest absolute Gasteiger partial charge is 0.264 e. The molecule has 0 spiro atoms. The van der Waals surface area contributed by atoms with E-state index >= 15 is 0 Å². The predicted octanol–water partition coefficient (Wildman–Crippen LogP) is -0.633. The molecule has 3 N–H and O–H groups in total. The van der Waals surface area contributed by atoms with Gasteiger partial charge in [-0.2, -0.15) is 5.10 Å². The molecule has 0 aliphatic heterocycles. The van der Waals surface area contributed by atoms with Crippen LogP contribution in [0.3, 0.4) is 0 Å². The molecule has 0 bridgehead atoms. The molecule has 0 amide bonds. The molecule has 5 heteroatoms. The molecule has 1 heterocycles. The summed E-state index contributed by atoms with van der Waals surface area (Å²) in [4.78, 5) is 10.2. The summed E-state index contributed by atoms with van der Waals surface area (Å²) < 4.78 is 0. The number of aromatic amines is 1. The Morgan fingerprint density at radius 2 is 2.22 bits per heavy atom. The SMILES string of the molecule is Cl.O.O=c1cccn[nH]1. The van der Waals surface area contributed by atoms with Gasteiger partial charge >= 0.3 is 0 Å². The van der Waals surface area contributed by atoms with E-state index in [2.05, 4.69) is 10.2 Å². The molecule has 0 radical (unpaired) electrons. The van der Waals surface area contributed by atoms with Crippen LogP contribution in [-0.2, 0) is 0 Å². The third-order valence-electron chi connectivity index (χ3n) is 0.583. The molecule has 0 aliphatic carbocycles. The van der Waals surface area contributed by atoms with E-state index in [4.69, 9.17) is 0 Å². The van der Waals surface area contributed by atoms with E-state index in [1.165, 1.54) is 12.3 Å². The van der Waals surface area contributed by atoms with E-state index in [1.807, 2.05) is 0 Å². The van der Waals surface area contributed by atoms with Crippen LogP contribution >= 0.6 is 12.4 Å². The van der Waals surface area contributed by atoms with Gasteiger partial charge < -0.3 is 5.48 Å². The van der Waals surface area contributed by atoms with Crippen molar-refractivity contribution in [2.45, 2.75) is 0 Å². The van der Waals surface area contributed by atoms with Gasteiger partial charge in [-0.15, -0.1) is 12.4 Å². The van der Waals surface area contributed by atoms with Gasteiger partial charge in [-0.1, -0.05) is 0 Å². The minimum absolute atomic E-state index is 0. The minimum Gasteiger partial charge on any atom is -0.412 e. The fourth-order valence-corrected chi connectivity index (χ4v) is 0.312. The molecule has 9 heavy (non-hydrogen) atoms. The van der Waals surface area contributed by atoms with Crippen molar-refractivity contribution in [1.29, 1.82) is 0 Å². The Kier molecular flexibility index (Phi) is 6.44. The van der Waals surface area contributed by atoms with Crippen molar-refractivity contribution < 1.29 is 5.48 Å². The van der Waals surface area contributed by atoms with Gasteiger partial charge in [0.1, 0.15) is 0 Å². The zero-order valence-corrected chi connectivity index (χ0v) is 5.31. The van der Waals surface area contributed by atoms with Crippen LogP contribution in [0.25, 0.3) is 0 Å². The van der Waals surface area contributed by atoms with Crippen molar-refractivity contribution in [3.63, 3.8) is 0 Å². The lowest BCUT2D eigenvalue weighted by molar-refractivity contribution is 0.824. The number of hydrogen-bond acceptors (Lipinski definition) is 2. The Hall–Kier alpha value is -0.870. The Morgan fingerprint density at radius 3 is 2.44 bits per heavy atom. The summed E-state index contributed by atoms with van der Waals surface area (Å²) in [6.45, 7) is 0. The maximum absolute atomic E-state index is 10.2. The summed E-state index contributed by atoms with van der Waals surface area (Å²) in [6, 6.07) is 2.99. The van der Waals surface area contributed by atoms with Crippen LogP contribution in [0.4, 0.5) is 0 Å². The minimum atomic E-state index is -0.164. The second-order valence-electron chi connectivity index (χ2n) is 1.11. The molecule has 0 aliphatic rings. The second-order valence-corrected chi connectivity index (χ2v) is 1.11. The standard InChI is InChI=1S/C4H4N2O.ClH.H2O/c7-4-2-1-3-5-6-4;;/h1-3H,(H,6,7);1H;1H2. The zero-order chi connectivity index (χ0) is 5.11. The Labute approximate surface area is 57.6 Å². The van der Waals surface area contributed by atoms with Crippen LogP contribution < -0.4 is 5.56 Å². The molecule has 1 aromatic heterocycles. The highest BCUT2D eigenvalue weighted by molar-refractivity contribution is 5.85. The summed E-state index contributed by atoms with van der Waals surface area (Å²) in [7, 11) is 0. The number of hydrogen-bond donors (Lipinski definition) is 1. The summed E-state index contributed by atoms with van der Waals surface area (Å²) in [6.07, 6.45) is 1.52. The summed E-state index contributed by atoms with van der Waals surface area (Å²) in [5.41, 5.74) is -0.164. The van der Waals surface area contributed by atoms with E-state index in [1.54, 1.807) is 6.07 Å². The van der Waals surface area contributed by atoms with Crippen LogP contribution in [0.15, 0.2) is 23.1 Å². The van der Waals surface area contributed by atoms with Gasteiger partial charge in [0.25, 0.3) is 5.56 Å². The Balaban J connectivity index is 0. The highest BCUT2D eigenvalue weighted by Gasteiger charge is 1.70. The van der Waals surface area contributed by atoms with Gasteiger partial charge in [-0.05, 0) is 6.07 Å². The normalized spacial score (nSPS) is 6.67. The number of halogens is 1. The Bertz CT molecular complexity index is 182. The number of nitrogens with zero attached hydrogens (tertiary/aromatic N) is 1. The first-order chi connectivity index (χ1) is 3.39. The molecule has 0 saturated carbocycles. The van der Waals surface area contributed by atoms with Gasteiger partial charge in [0.05, 0.1) is 0 Å². The van der Waals surface area contributed by atoms with Gasteiger partial charge in [-0.3, -0.25) is 4.79 Å². The molecule has 1 aromatic rings. The zero-order valence-electron chi connectivity index (χ0n) is 4.50. The first kappa shape index (κ1) is 11.0. The Morgan fingerprint density at radius 1 is 1.56 bits per heavy atom. The summed E-state index contributed by atoms with van der Waals surface area (Å²) >= 11 is 0. The topological polar surface area (TPSA) is 77.2 Å². The molecular weight excluding hydrogens is 144 g/mol. The summed E-state index contributed by atoms with van der Waals surface area (Å²) in [5, 5.41) is 5.67. The average molecular weight is 151 g/mol. The molecule has 1 rings (SSSR count). The molecule has 0 unspecified atom stereocenters. The van der Waals surface area contributed by atoms with Crippen molar-refractivity contribution >= 4 is 12.4 Å². The van der Waals surface area contributed by atoms with Crippen molar-refractivity contribution in [1.82, 2.24) is 10.2 Å². The lowest BCUT2D eigenvalue weighted by Gasteiger charge is -1.72. The summed E-state index contributed by atoms with van der Waals surface area (Å²) in [5.74, 6) is 0. The number of aromatic nitrogens is 2. The van der Waals surface area contributed by atoms with Crippen LogP contribution in [0.2, 0.25) is 0 Å².